The van der Waals surface area contributed by atoms with E-state index in [1.807, 2.05) is 19.4 Å². The molecule has 3 nitrogen and oxygen atoms in total. The van der Waals surface area contributed by atoms with Crippen molar-refractivity contribution in [1.82, 2.24) is 10.3 Å². The largest absolute Gasteiger partial charge is 0.487 e. The molecule has 2 heterocycles. The second-order valence-electron chi connectivity index (χ2n) is 5.97. The van der Waals surface area contributed by atoms with E-state index < -0.39 is 0 Å². The fraction of sp³-hybridized carbons (Fsp3) is 0.353. The average molecular weight is 268 g/mol. The average Bonchev–Trinajstić information content (AvgIpc) is 2.72. The first-order valence-corrected chi connectivity index (χ1v) is 6.98. The molecular formula is C17H20N2O. The summed E-state index contributed by atoms with van der Waals surface area (Å²) < 4.78 is 5.92. The van der Waals surface area contributed by atoms with E-state index in [1.165, 1.54) is 16.7 Å². The minimum absolute atomic E-state index is 0.0901. The summed E-state index contributed by atoms with van der Waals surface area (Å²) in [6, 6.07) is 8.60. The third kappa shape index (κ3) is 2.54. The van der Waals surface area contributed by atoms with Gasteiger partial charge in [-0.05, 0) is 55.8 Å². The fourth-order valence-electron chi connectivity index (χ4n) is 2.74. The predicted octanol–water partition coefficient (Wildman–Crippen LogP) is 3.18. The van der Waals surface area contributed by atoms with E-state index in [1.54, 1.807) is 0 Å². The van der Waals surface area contributed by atoms with Crippen LogP contribution in [0.4, 0.5) is 0 Å². The molecule has 1 aromatic heterocycles. The van der Waals surface area contributed by atoms with Crippen molar-refractivity contribution in [1.29, 1.82) is 0 Å². The van der Waals surface area contributed by atoms with Crippen molar-refractivity contribution in [2.75, 3.05) is 7.05 Å². The maximum absolute atomic E-state index is 5.92. The molecule has 0 atom stereocenters. The van der Waals surface area contributed by atoms with Crippen molar-refractivity contribution >= 4 is 0 Å². The molecule has 1 N–H and O–H groups in total. The smallest absolute Gasteiger partial charge is 0.123 e. The molecular weight excluding hydrogens is 248 g/mol. The number of ether oxygens (including phenoxy) is 1. The summed E-state index contributed by atoms with van der Waals surface area (Å²) in [5.74, 6) is 1.01. The number of aromatic nitrogens is 1. The van der Waals surface area contributed by atoms with Crippen LogP contribution in [-0.4, -0.2) is 17.6 Å². The molecule has 1 aliphatic heterocycles. The van der Waals surface area contributed by atoms with E-state index in [4.69, 9.17) is 4.74 Å². The van der Waals surface area contributed by atoms with Crippen molar-refractivity contribution in [3.05, 3.63) is 47.8 Å². The quantitative estimate of drug-likeness (QED) is 0.928. The molecule has 3 heteroatoms. The Morgan fingerprint density at radius 3 is 2.85 bits per heavy atom. The normalized spacial score (nSPS) is 15.8. The number of pyridine rings is 1. The van der Waals surface area contributed by atoms with E-state index in [2.05, 4.69) is 48.4 Å². The van der Waals surface area contributed by atoms with Crippen molar-refractivity contribution in [3.8, 4) is 16.9 Å². The number of nitrogens with one attached hydrogen (secondary N) is 1. The number of fused-ring (bicyclic) bond motifs is 1. The predicted molar refractivity (Wildman–Crippen MR) is 80.8 cm³/mol. The number of nitrogens with zero attached hydrogens (tertiary/aromatic N) is 1. The minimum atomic E-state index is -0.0901. The summed E-state index contributed by atoms with van der Waals surface area (Å²) in [6.07, 6.45) is 4.78. The van der Waals surface area contributed by atoms with Crippen molar-refractivity contribution in [2.24, 2.45) is 0 Å². The van der Waals surface area contributed by atoms with Crippen molar-refractivity contribution < 1.29 is 4.74 Å². The van der Waals surface area contributed by atoms with Crippen LogP contribution in [0.2, 0.25) is 0 Å². The Labute approximate surface area is 120 Å². The highest BCUT2D eigenvalue weighted by molar-refractivity contribution is 5.66. The molecule has 0 aliphatic carbocycles. The number of hydrogen-bond donors (Lipinski definition) is 1. The van der Waals surface area contributed by atoms with E-state index in [0.717, 1.165) is 24.3 Å². The SMILES string of the molecule is CNCc1cncc(-c2ccc3c(c2)CC(C)(C)O3)c1. The van der Waals surface area contributed by atoms with Crippen LogP contribution in [0.5, 0.6) is 5.75 Å². The molecule has 1 aliphatic rings. The van der Waals surface area contributed by atoms with Crippen LogP contribution in [0, 0.1) is 0 Å². The minimum Gasteiger partial charge on any atom is -0.487 e. The van der Waals surface area contributed by atoms with Gasteiger partial charge in [-0.2, -0.15) is 0 Å². The Morgan fingerprint density at radius 1 is 1.20 bits per heavy atom. The summed E-state index contributed by atoms with van der Waals surface area (Å²) in [7, 11) is 1.95. The Bertz CT molecular complexity index is 635. The number of hydrogen-bond acceptors (Lipinski definition) is 3. The summed E-state index contributed by atoms with van der Waals surface area (Å²) in [5.41, 5.74) is 4.75. The van der Waals surface area contributed by atoms with Crippen LogP contribution >= 0.6 is 0 Å². The van der Waals surface area contributed by atoms with E-state index in [0.29, 0.717) is 0 Å². The van der Waals surface area contributed by atoms with Gasteiger partial charge in [0, 0.05) is 30.9 Å². The summed E-state index contributed by atoms with van der Waals surface area (Å²) in [6.45, 7) is 5.09. The van der Waals surface area contributed by atoms with Crippen molar-refractivity contribution in [2.45, 2.75) is 32.4 Å². The second kappa shape index (κ2) is 4.91. The number of benzene rings is 1. The highest BCUT2D eigenvalue weighted by atomic mass is 16.5. The molecule has 3 rings (SSSR count). The zero-order chi connectivity index (χ0) is 14.2. The monoisotopic (exact) mass is 268 g/mol. The van der Waals surface area contributed by atoms with Crippen LogP contribution < -0.4 is 10.1 Å². The van der Waals surface area contributed by atoms with Crippen LogP contribution in [0.15, 0.2) is 36.7 Å². The van der Waals surface area contributed by atoms with Crippen LogP contribution in [0.3, 0.4) is 0 Å². The molecule has 0 amide bonds. The van der Waals surface area contributed by atoms with Gasteiger partial charge in [0.25, 0.3) is 0 Å². The molecule has 0 unspecified atom stereocenters. The van der Waals surface area contributed by atoms with Gasteiger partial charge in [0.15, 0.2) is 0 Å². The first-order chi connectivity index (χ1) is 9.57. The summed E-state index contributed by atoms with van der Waals surface area (Å²) >= 11 is 0. The maximum Gasteiger partial charge on any atom is 0.123 e. The Balaban J connectivity index is 1.94. The molecule has 1 aromatic carbocycles. The van der Waals surface area contributed by atoms with Gasteiger partial charge in [0.1, 0.15) is 11.4 Å². The van der Waals surface area contributed by atoms with Gasteiger partial charge < -0.3 is 10.1 Å². The maximum atomic E-state index is 5.92. The van der Waals surface area contributed by atoms with E-state index in [9.17, 15) is 0 Å². The van der Waals surface area contributed by atoms with Gasteiger partial charge in [-0.25, -0.2) is 0 Å². The molecule has 0 saturated carbocycles. The van der Waals surface area contributed by atoms with Gasteiger partial charge in [-0.15, -0.1) is 0 Å². The Kier molecular flexibility index (Phi) is 3.22. The first-order valence-electron chi connectivity index (χ1n) is 6.98. The van der Waals surface area contributed by atoms with Crippen molar-refractivity contribution in [3.63, 3.8) is 0 Å². The van der Waals surface area contributed by atoms with Gasteiger partial charge in [-0.3, -0.25) is 4.98 Å². The van der Waals surface area contributed by atoms with Gasteiger partial charge in [0.05, 0.1) is 0 Å². The highest BCUT2D eigenvalue weighted by Gasteiger charge is 2.29. The lowest BCUT2D eigenvalue weighted by molar-refractivity contribution is 0.138. The molecule has 20 heavy (non-hydrogen) atoms. The third-order valence-corrected chi connectivity index (χ3v) is 3.57. The van der Waals surface area contributed by atoms with E-state index in [-0.39, 0.29) is 5.60 Å². The van der Waals surface area contributed by atoms with Crippen LogP contribution in [-0.2, 0) is 13.0 Å². The van der Waals surface area contributed by atoms with Crippen LogP contribution in [0.1, 0.15) is 25.0 Å². The standard InChI is InChI=1S/C17H20N2O/c1-17(2)8-14-7-13(4-5-16(14)20-17)15-6-12(9-18-3)10-19-11-15/h4-7,10-11,18H,8-9H2,1-3H3. The molecule has 0 fully saturated rings. The molecule has 2 aromatic rings. The lowest BCUT2D eigenvalue weighted by Crippen LogP contribution is -2.24. The zero-order valence-electron chi connectivity index (χ0n) is 12.2. The molecule has 0 spiro atoms. The first kappa shape index (κ1) is 13.1. The molecule has 0 bridgehead atoms. The lowest BCUT2D eigenvalue weighted by Gasteiger charge is -2.16. The van der Waals surface area contributed by atoms with Gasteiger partial charge in [-0.1, -0.05) is 6.07 Å². The lowest BCUT2D eigenvalue weighted by atomic mass is 9.98. The number of rotatable bonds is 3. The third-order valence-electron chi connectivity index (χ3n) is 3.57. The fourth-order valence-corrected chi connectivity index (χ4v) is 2.74. The molecule has 0 saturated heterocycles. The summed E-state index contributed by atoms with van der Waals surface area (Å²) in [4.78, 5) is 4.33. The highest BCUT2D eigenvalue weighted by Crippen LogP contribution is 2.37. The Morgan fingerprint density at radius 2 is 2.05 bits per heavy atom. The topological polar surface area (TPSA) is 34.2 Å². The van der Waals surface area contributed by atoms with Gasteiger partial charge >= 0.3 is 0 Å². The van der Waals surface area contributed by atoms with Crippen LogP contribution in [0.25, 0.3) is 11.1 Å². The van der Waals surface area contributed by atoms with Gasteiger partial charge in [0.2, 0.25) is 0 Å². The molecule has 0 radical (unpaired) electrons. The second-order valence-corrected chi connectivity index (χ2v) is 5.97. The van der Waals surface area contributed by atoms with E-state index >= 15 is 0 Å². The summed E-state index contributed by atoms with van der Waals surface area (Å²) in [5, 5.41) is 3.16. The zero-order valence-corrected chi connectivity index (χ0v) is 12.2. The molecule has 104 valence electrons. The Hall–Kier alpha value is -1.87.